The van der Waals surface area contributed by atoms with Crippen molar-refractivity contribution in [1.82, 2.24) is 20.2 Å². The summed E-state index contributed by atoms with van der Waals surface area (Å²) in [5.74, 6) is -4.47. The van der Waals surface area contributed by atoms with E-state index >= 15 is 0 Å². The van der Waals surface area contributed by atoms with E-state index in [0.717, 1.165) is 12.3 Å². The first kappa shape index (κ1) is 23.2. The number of aromatic amines is 1. The van der Waals surface area contributed by atoms with Gasteiger partial charge in [0, 0.05) is 5.56 Å². The SMILES string of the molecule is Cc1[nH]nc(Cl)c1NC(=O)c1cc(F)c(-c2cnc(F)c(N)n2)cc1O[C@@H](C)C(F)(F)F. The molecule has 0 spiro atoms. The van der Waals surface area contributed by atoms with Gasteiger partial charge >= 0.3 is 6.18 Å². The molecule has 0 aliphatic carbocycles. The maximum Gasteiger partial charge on any atom is 0.425 e. The number of alkyl halides is 3. The van der Waals surface area contributed by atoms with E-state index in [2.05, 4.69) is 25.5 Å². The van der Waals surface area contributed by atoms with Crippen molar-refractivity contribution in [3.05, 3.63) is 46.5 Å². The molecule has 0 aliphatic rings. The van der Waals surface area contributed by atoms with Crippen molar-refractivity contribution in [2.45, 2.75) is 26.1 Å². The molecule has 14 heteroatoms. The molecule has 0 bridgehead atoms. The van der Waals surface area contributed by atoms with E-state index in [1.165, 1.54) is 6.92 Å². The van der Waals surface area contributed by atoms with E-state index in [1.54, 1.807) is 0 Å². The number of aryl methyl sites for hydroxylation is 1. The number of amides is 1. The first-order chi connectivity index (χ1) is 14.9. The molecule has 170 valence electrons. The first-order valence-electron chi connectivity index (χ1n) is 8.75. The molecule has 3 aromatic rings. The monoisotopic (exact) mass is 476 g/mol. The highest BCUT2D eigenvalue weighted by atomic mass is 35.5. The van der Waals surface area contributed by atoms with Crippen LogP contribution in [0.25, 0.3) is 11.3 Å². The Balaban J connectivity index is 2.09. The summed E-state index contributed by atoms with van der Waals surface area (Å²) in [6.45, 7) is 2.23. The molecule has 2 heterocycles. The average Bonchev–Trinajstić information content (AvgIpc) is 3.02. The van der Waals surface area contributed by atoms with Crippen LogP contribution in [0.5, 0.6) is 5.75 Å². The van der Waals surface area contributed by atoms with Gasteiger partial charge in [-0.2, -0.15) is 22.7 Å². The molecule has 1 aromatic carbocycles. The van der Waals surface area contributed by atoms with Gasteiger partial charge in [-0.05, 0) is 26.0 Å². The van der Waals surface area contributed by atoms with Crippen LogP contribution in [0.3, 0.4) is 0 Å². The fourth-order valence-electron chi connectivity index (χ4n) is 2.53. The van der Waals surface area contributed by atoms with Gasteiger partial charge in [-0.15, -0.1) is 0 Å². The Hall–Kier alpha value is -3.48. The number of carbonyl (C=O) groups excluding carboxylic acids is 1. The minimum atomic E-state index is -4.78. The summed E-state index contributed by atoms with van der Waals surface area (Å²) in [6, 6.07) is 1.46. The molecular weight excluding hydrogens is 463 g/mol. The lowest BCUT2D eigenvalue weighted by Gasteiger charge is -2.20. The Morgan fingerprint density at radius 3 is 2.56 bits per heavy atom. The Morgan fingerprint density at radius 2 is 2.00 bits per heavy atom. The number of rotatable bonds is 5. The van der Waals surface area contributed by atoms with Crippen molar-refractivity contribution in [2.75, 3.05) is 11.1 Å². The third-order valence-electron chi connectivity index (χ3n) is 4.25. The average molecular weight is 477 g/mol. The number of carbonyl (C=O) groups is 1. The third-order valence-corrected chi connectivity index (χ3v) is 4.52. The maximum absolute atomic E-state index is 14.8. The van der Waals surface area contributed by atoms with Gasteiger partial charge in [-0.1, -0.05) is 11.6 Å². The summed E-state index contributed by atoms with van der Waals surface area (Å²) in [7, 11) is 0. The van der Waals surface area contributed by atoms with Gasteiger partial charge in [-0.25, -0.2) is 14.4 Å². The Labute approximate surface area is 182 Å². The molecule has 0 saturated carbocycles. The number of hydrogen-bond donors (Lipinski definition) is 3. The number of nitrogens with one attached hydrogen (secondary N) is 2. The second-order valence-electron chi connectivity index (χ2n) is 6.53. The first-order valence-corrected chi connectivity index (χ1v) is 9.13. The molecule has 4 N–H and O–H groups in total. The number of nitrogens with two attached hydrogens (primary N) is 1. The summed E-state index contributed by atoms with van der Waals surface area (Å²) >= 11 is 5.86. The van der Waals surface area contributed by atoms with Crippen LogP contribution in [0.2, 0.25) is 5.15 Å². The molecule has 0 radical (unpaired) electrons. The van der Waals surface area contributed by atoms with E-state index in [1.807, 2.05) is 0 Å². The van der Waals surface area contributed by atoms with Gasteiger partial charge in [0.05, 0.1) is 23.1 Å². The van der Waals surface area contributed by atoms with Crippen LogP contribution < -0.4 is 15.8 Å². The van der Waals surface area contributed by atoms with Gasteiger partial charge in [0.15, 0.2) is 17.1 Å². The highest BCUT2D eigenvalue weighted by Crippen LogP contribution is 2.34. The Bertz CT molecular complexity index is 1160. The van der Waals surface area contributed by atoms with Crippen LogP contribution in [0.4, 0.5) is 33.5 Å². The molecule has 0 aliphatic heterocycles. The lowest BCUT2D eigenvalue weighted by Crippen LogP contribution is -2.32. The van der Waals surface area contributed by atoms with Crippen molar-refractivity contribution in [2.24, 2.45) is 0 Å². The highest BCUT2D eigenvalue weighted by Gasteiger charge is 2.39. The number of nitrogens with zero attached hydrogens (tertiary/aromatic N) is 3. The number of halogens is 6. The molecule has 0 unspecified atom stereocenters. The number of benzene rings is 1. The second kappa shape index (κ2) is 8.57. The van der Waals surface area contributed by atoms with Gasteiger partial charge in [0.2, 0.25) is 0 Å². The van der Waals surface area contributed by atoms with E-state index in [4.69, 9.17) is 22.1 Å². The largest absolute Gasteiger partial charge is 0.480 e. The molecule has 1 atom stereocenters. The van der Waals surface area contributed by atoms with Crippen LogP contribution in [-0.2, 0) is 0 Å². The predicted molar refractivity (Wildman–Crippen MR) is 104 cm³/mol. The zero-order valence-corrected chi connectivity index (χ0v) is 17.1. The smallest absolute Gasteiger partial charge is 0.425 e. The van der Waals surface area contributed by atoms with Crippen molar-refractivity contribution >= 4 is 29.0 Å². The molecule has 0 saturated heterocycles. The summed E-state index contributed by atoms with van der Waals surface area (Å²) < 4.78 is 72.2. The van der Waals surface area contributed by atoms with Crippen molar-refractivity contribution < 1.29 is 31.5 Å². The van der Waals surface area contributed by atoms with Crippen LogP contribution in [0.1, 0.15) is 23.0 Å². The fraction of sp³-hybridized carbons (Fsp3) is 0.222. The van der Waals surface area contributed by atoms with Crippen molar-refractivity contribution in [3.63, 3.8) is 0 Å². The Morgan fingerprint density at radius 1 is 1.31 bits per heavy atom. The molecule has 3 rings (SSSR count). The maximum atomic E-state index is 14.8. The van der Waals surface area contributed by atoms with Gasteiger partial charge in [-0.3, -0.25) is 9.89 Å². The van der Waals surface area contributed by atoms with Gasteiger partial charge in [0.1, 0.15) is 17.3 Å². The minimum absolute atomic E-state index is 0.0492. The summed E-state index contributed by atoms with van der Waals surface area (Å²) in [5, 5.41) is 8.40. The van der Waals surface area contributed by atoms with Crippen molar-refractivity contribution in [3.8, 4) is 17.0 Å². The number of anilines is 2. The van der Waals surface area contributed by atoms with E-state index in [0.29, 0.717) is 18.7 Å². The van der Waals surface area contributed by atoms with E-state index in [9.17, 15) is 26.7 Å². The van der Waals surface area contributed by atoms with Gasteiger partial charge < -0.3 is 15.8 Å². The third kappa shape index (κ3) is 4.72. The van der Waals surface area contributed by atoms with E-state index < -0.39 is 52.6 Å². The number of H-pyrrole nitrogens is 1. The fourth-order valence-corrected chi connectivity index (χ4v) is 2.76. The number of nitrogen functional groups attached to an aromatic ring is 1. The summed E-state index contributed by atoms with van der Waals surface area (Å²) in [5.41, 5.74) is 4.46. The minimum Gasteiger partial charge on any atom is -0.480 e. The molecule has 8 nitrogen and oxygen atoms in total. The number of aromatic nitrogens is 4. The quantitative estimate of drug-likeness (QED) is 0.473. The normalized spacial score (nSPS) is 12.5. The van der Waals surface area contributed by atoms with Crippen LogP contribution in [0.15, 0.2) is 18.3 Å². The van der Waals surface area contributed by atoms with Crippen molar-refractivity contribution in [1.29, 1.82) is 0 Å². The molecular formula is C18H14ClF5N6O2. The second-order valence-corrected chi connectivity index (χ2v) is 6.89. The predicted octanol–water partition coefficient (Wildman–Crippen LogP) is 4.27. The van der Waals surface area contributed by atoms with Crippen LogP contribution in [0, 0.1) is 18.7 Å². The lowest BCUT2D eigenvalue weighted by atomic mass is 10.1. The highest BCUT2D eigenvalue weighted by molar-refractivity contribution is 6.33. The van der Waals surface area contributed by atoms with Crippen LogP contribution >= 0.6 is 11.6 Å². The zero-order valence-electron chi connectivity index (χ0n) is 16.3. The lowest BCUT2D eigenvalue weighted by molar-refractivity contribution is -0.189. The standard InChI is InChI=1S/C18H14ClF5N6O2/c1-6-13(14(19)30-29-6)28-17(31)9-3-10(20)8(11-5-26-15(21)16(25)27-11)4-12(9)32-7(2)18(22,23)24/h3-5,7H,1-2H3,(H2,25,27)(H,28,31)(H,29,30)/t7-/m0/s1. The Kier molecular flexibility index (Phi) is 6.21. The zero-order chi connectivity index (χ0) is 23.8. The molecule has 32 heavy (non-hydrogen) atoms. The van der Waals surface area contributed by atoms with Gasteiger partial charge in [0.25, 0.3) is 11.9 Å². The number of ether oxygens (including phenoxy) is 1. The molecule has 2 aromatic heterocycles. The molecule has 1 amide bonds. The van der Waals surface area contributed by atoms with E-state index in [-0.39, 0.29) is 16.5 Å². The summed E-state index contributed by atoms with van der Waals surface area (Å²) in [4.78, 5) is 19.7. The topological polar surface area (TPSA) is 119 Å². The number of hydrogen-bond acceptors (Lipinski definition) is 6. The van der Waals surface area contributed by atoms with Crippen LogP contribution in [-0.4, -0.2) is 38.4 Å². The molecule has 0 fully saturated rings. The summed E-state index contributed by atoms with van der Waals surface area (Å²) in [6.07, 6.45) is -6.31.